The average Bonchev–Trinajstić information content (AvgIpc) is 3.46. The first-order chi connectivity index (χ1) is 12.3. The Kier molecular flexibility index (Phi) is 4.53. The maximum Gasteiger partial charge on any atom is 0.128 e. The van der Waals surface area contributed by atoms with Crippen LogP contribution in [-0.4, -0.2) is 18.1 Å². The highest BCUT2D eigenvalue weighted by Crippen LogP contribution is 2.31. The van der Waals surface area contributed by atoms with Crippen LogP contribution in [0.1, 0.15) is 18.5 Å². The lowest BCUT2D eigenvalue weighted by Gasteiger charge is -2.09. The third-order valence-electron chi connectivity index (χ3n) is 4.39. The predicted octanol–water partition coefficient (Wildman–Crippen LogP) is 4.32. The molecule has 4 nitrogen and oxygen atoms in total. The van der Waals surface area contributed by atoms with Crippen molar-refractivity contribution in [3.8, 4) is 17.2 Å². The highest BCUT2D eigenvalue weighted by molar-refractivity contribution is 5.83. The first-order valence-corrected chi connectivity index (χ1v) is 8.79. The van der Waals surface area contributed by atoms with Crippen LogP contribution in [0.5, 0.6) is 17.2 Å². The summed E-state index contributed by atoms with van der Waals surface area (Å²) in [5.74, 6) is 3.25. The third-order valence-corrected chi connectivity index (χ3v) is 4.39. The zero-order valence-corrected chi connectivity index (χ0v) is 14.2. The van der Waals surface area contributed by atoms with E-state index in [2.05, 4.69) is 17.1 Å². The summed E-state index contributed by atoms with van der Waals surface area (Å²) < 4.78 is 11.7. The molecule has 1 fully saturated rings. The molecule has 128 valence electrons. The fraction of sp³-hybridized carbons (Fsp3) is 0.286. The molecular weight excluding hydrogens is 312 g/mol. The zero-order valence-electron chi connectivity index (χ0n) is 14.2. The fourth-order valence-corrected chi connectivity index (χ4v) is 2.75. The first-order valence-electron chi connectivity index (χ1n) is 8.79. The van der Waals surface area contributed by atoms with Crippen molar-refractivity contribution in [2.24, 2.45) is 11.7 Å². The maximum absolute atomic E-state index is 5.95. The molecule has 1 heterocycles. The average molecular weight is 334 g/mol. The Morgan fingerprint density at radius 3 is 2.44 bits per heavy atom. The molecule has 1 saturated carbocycles. The van der Waals surface area contributed by atoms with E-state index in [-0.39, 0.29) is 0 Å². The summed E-state index contributed by atoms with van der Waals surface area (Å²) in [6.45, 7) is 1.43. The molecular formula is C21H22N2O2. The molecule has 25 heavy (non-hydrogen) atoms. The van der Waals surface area contributed by atoms with Crippen LogP contribution >= 0.6 is 0 Å². The van der Waals surface area contributed by atoms with Crippen LogP contribution in [0.4, 0.5) is 0 Å². The molecule has 0 unspecified atom stereocenters. The molecule has 0 amide bonds. The number of fused-ring (bicyclic) bond motifs is 1. The number of hydrogen-bond donors (Lipinski definition) is 1. The number of ether oxygens (including phenoxy) is 2. The van der Waals surface area contributed by atoms with Gasteiger partial charge in [0.05, 0.1) is 6.61 Å². The van der Waals surface area contributed by atoms with Crippen molar-refractivity contribution < 1.29 is 9.47 Å². The van der Waals surface area contributed by atoms with Crippen LogP contribution in [0.25, 0.3) is 10.8 Å². The first kappa shape index (κ1) is 15.9. The van der Waals surface area contributed by atoms with Crippen molar-refractivity contribution in [2.45, 2.75) is 19.3 Å². The Labute approximate surface area is 147 Å². The van der Waals surface area contributed by atoms with Gasteiger partial charge in [0.1, 0.15) is 17.2 Å². The van der Waals surface area contributed by atoms with Gasteiger partial charge in [-0.25, -0.2) is 0 Å². The summed E-state index contributed by atoms with van der Waals surface area (Å²) in [5.41, 5.74) is 6.61. The second-order valence-corrected chi connectivity index (χ2v) is 6.55. The summed E-state index contributed by atoms with van der Waals surface area (Å²) in [5, 5.41) is 2.21. The van der Waals surface area contributed by atoms with E-state index >= 15 is 0 Å². The molecule has 4 heteroatoms. The molecule has 1 aliphatic carbocycles. The van der Waals surface area contributed by atoms with E-state index in [1.54, 1.807) is 0 Å². The number of nitrogens with zero attached hydrogens (tertiary/aromatic N) is 1. The number of hydrogen-bond acceptors (Lipinski definition) is 4. The van der Waals surface area contributed by atoms with Crippen molar-refractivity contribution in [2.75, 3.05) is 13.2 Å². The molecule has 0 atom stereocenters. The van der Waals surface area contributed by atoms with Crippen LogP contribution in [0.3, 0.4) is 0 Å². The minimum Gasteiger partial charge on any atom is -0.493 e. The summed E-state index contributed by atoms with van der Waals surface area (Å²) in [7, 11) is 0. The van der Waals surface area contributed by atoms with E-state index in [0.29, 0.717) is 6.54 Å². The van der Waals surface area contributed by atoms with E-state index in [1.807, 2.05) is 42.6 Å². The van der Waals surface area contributed by atoms with Crippen LogP contribution < -0.4 is 15.2 Å². The van der Waals surface area contributed by atoms with Crippen LogP contribution in [0.15, 0.2) is 54.7 Å². The SMILES string of the molecule is NCCc1cc2ccc(Oc3ccc(OCC4CC4)cc3)cc2cn1. The Bertz CT molecular complexity index is 857. The summed E-state index contributed by atoms with van der Waals surface area (Å²) in [6, 6.07) is 15.9. The molecule has 0 aliphatic heterocycles. The number of aromatic nitrogens is 1. The van der Waals surface area contributed by atoms with Gasteiger partial charge in [0.15, 0.2) is 0 Å². The fourth-order valence-electron chi connectivity index (χ4n) is 2.75. The van der Waals surface area contributed by atoms with Gasteiger partial charge in [0.25, 0.3) is 0 Å². The minimum atomic E-state index is 0.611. The van der Waals surface area contributed by atoms with Crippen molar-refractivity contribution in [3.05, 3.63) is 60.4 Å². The van der Waals surface area contributed by atoms with Gasteiger partial charge in [-0.1, -0.05) is 6.07 Å². The summed E-state index contributed by atoms with van der Waals surface area (Å²) in [4.78, 5) is 4.44. The Hall–Kier alpha value is -2.59. The number of benzene rings is 2. The lowest BCUT2D eigenvalue weighted by atomic mass is 10.1. The van der Waals surface area contributed by atoms with Gasteiger partial charge in [-0.15, -0.1) is 0 Å². The van der Waals surface area contributed by atoms with E-state index < -0.39 is 0 Å². The molecule has 0 spiro atoms. The van der Waals surface area contributed by atoms with E-state index in [9.17, 15) is 0 Å². The number of pyridine rings is 1. The minimum absolute atomic E-state index is 0.611. The molecule has 0 saturated heterocycles. The quantitative estimate of drug-likeness (QED) is 0.699. The lowest BCUT2D eigenvalue weighted by Crippen LogP contribution is -2.04. The van der Waals surface area contributed by atoms with Crippen molar-refractivity contribution >= 4 is 10.8 Å². The van der Waals surface area contributed by atoms with E-state index in [1.165, 1.54) is 12.8 Å². The van der Waals surface area contributed by atoms with Crippen LogP contribution in [-0.2, 0) is 6.42 Å². The van der Waals surface area contributed by atoms with E-state index in [0.717, 1.165) is 52.7 Å². The molecule has 2 N–H and O–H groups in total. The molecule has 1 aromatic heterocycles. The second-order valence-electron chi connectivity index (χ2n) is 6.55. The van der Waals surface area contributed by atoms with Crippen molar-refractivity contribution in [1.29, 1.82) is 0 Å². The Balaban J connectivity index is 1.45. The third kappa shape index (κ3) is 4.09. The van der Waals surface area contributed by atoms with Gasteiger partial charge in [-0.05, 0) is 73.2 Å². The van der Waals surface area contributed by atoms with Crippen LogP contribution in [0, 0.1) is 5.92 Å². The smallest absolute Gasteiger partial charge is 0.128 e. The molecule has 3 aromatic rings. The van der Waals surface area contributed by atoms with Crippen LogP contribution in [0.2, 0.25) is 0 Å². The Morgan fingerprint density at radius 1 is 0.920 bits per heavy atom. The molecule has 0 radical (unpaired) electrons. The highest BCUT2D eigenvalue weighted by atomic mass is 16.5. The van der Waals surface area contributed by atoms with E-state index in [4.69, 9.17) is 15.2 Å². The van der Waals surface area contributed by atoms with Gasteiger partial charge in [0, 0.05) is 23.7 Å². The van der Waals surface area contributed by atoms with Gasteiger partial charge < -0.3 is 15.2 Å². The topological polar surface area (TPSA) is 57.4 Å². The lowest BCUT2D eigenvalue weighted by molar-refractivity contribution is 0.299. The monoisotopic (exact) mass is 334 g/mol. The van der Waals surface area contributed by atoms with Gasteiger partial charge in [-0.2, -0.15) is 0 Å². The summed E-state index contributed by atoms with van der Waals surface area (Å²) in [6.07, 6.45) is 5.27. The zero-order chi connectivity index (χ0) is 17.1. The highest BCUT2D eigenvalue weighted by Gasteiger charge is 2.21. The molecule has 4 rings (SSSR count). The standard InChI is InChI=1S/C21H22N2O2/c22-10-9-18-11-16-3-4-21(12-17(16)13-23-18)25-20-7-5-19(6-8-20)24-14-15-1-2-15/h3-8,11-13,15H,1-2,9-10,14,22H2. The van der Waals surface area contributed by atoms with Crippen molar-refractivity contribution in [1.82, 2.24) is 4.98 Å². The van der Waals surface area contributed by atoms with Gasteiger partial charge >= 0.3 is 0 Å². The molecule has 1 aliphatic rings. The largest absolute Gasteiger partial charge is 0.493 e. The van der Waals surface area contributed by atoms with Gasteiger partial charge in [0.2, 0.25) is 0 Å². The normalized spacial score (nSPS) is 13.8. The number of nitrogens with two attached hydrogens (primary N) is 1. The predicted molar refractivity (Wildman–Crippen MR) is 99.2 cm³/mol. The molecule has 0 bridgehead atoms. The van der Waals surface area contributed by atoms with Crippen molar-refractivity contribution in [3.63, 3.8) is 0 Å². The Morgan fingerprint density at radius 2 is 1.68 bits per heavy atom. The molecule has 2 aromatic carbocycles. The maximum atomic E-state index is 5.95. The second kappa shape index (κ2) is 7.11. The van der Waals surface area contributed by atoms with Gasteiger partial charge in [-0.3, -0.25) is 4.98 Å². The summed E-state index contributed by atoms with van der Waals surface area (Å²) >= 11 is 0. The number of rotatable bonds is 7.